The van der Waals surface area contributed by atoms with Crippen molar-refractivity contribution in [1.29, 1.82) is 0 Å². The first-order chi connectivity index (χ1) is 15.5. The lowest BCUT2D eigenvalue weighted by atomic mass is 10.0. The van der Waals surface area contributed by atoms with Crippen LogP contribution in [0.25, 0.3) is 0 Å². The van der Waals surface area contributed by atoms with Gasteiger partial charge in [0.25, 0.3) is 0 Å². The molecule has 0 aromatic rings. The Bertz CT molecular complexity index is 629. The van der Waals surface area contributed by atoms with Crippen molar-refractivity contribution in [3.63, 3.8) is 0 Å². The molecule has 0 unspecified atom stereocenters. The van der Waals surface area contributed by atoms with Gasteiger partial charge >= 0.3 is 5.97 Å². The zero-order valence-corrected chi connectivity index (χ0v) is 21.1. The van der Waals surface area contributed by atoms with E-state index in [0.717, 1.165) is 13.0 Å². The van der Waals surface area contributed by atoms with Crippen LogP contribution < -0.4 is 10.6 Å². The van der Waals surface area contributed by atoms with Gasteiger partial charge in [-0.05, 0) is 25.6 Å². The lowest BCUT2D eigenvalue weighted by Gasteiger charge is -2.12. The summed E-state index contributed by atoms with van der Waals surface area (Å²) in [6.45, 7) is 4.63. The van der Waals surface area contributed by atoms with Gasteiger partial charge < -0.3 is 15.4 Å². The third-order valence-electron chi connectivity index (χ3n) is 5.74. The molecule has 2 N–H and O–H groups in total. The SMILES string of the molecule is CCCCCCCCCCCCCCCCCCNC(=S)NC=C1C(=O)C=C(C)OC1=O. The van der Waals surface area contributed by atoms with Gasteiger partial charge in [-0.3, -0.25) is 4.79 Å². The van der Waals surface area contributed by atoms with Crippen LogP contribution in [0.5, 0.6) is 0 Å². The second kappa shape index (κ2) is 18.8. The minimum atomic E-state index is -0.650. The monoisotopic (exact) mass is 464 g/mol. The highest BCUT2D eigenvalue weighted by molar-refractivity contribution is 7.80. The van der Waals surface area contributed by atoms with E-state index < -0.39 is 5.97 Å². The van der Waals surface area contributed by atoms with E-state index in [1.165, 1.54) is 109 Å². The molecular weight excluding hydrogens is 420 g/mol. The molecule has 0 saturated carbocycles. The van der Waals surface area contributed by atoms with Gasteiger partial charge in [0.15, 0.2) is 10.9 Å². The maximum atomic E-state index is 11.8. The lowest BCUT2D eigenvalue weighted by molar-refractivity contribution is -0.137. The van der Waals surface area contributed by atoms with E-state index in [2.05, 4.69) is 17.6 Å². The van der Waals surface area contributed by atoms with E-state index in [-0.39, 0.29) is 11.4 Å². The van der Waals surface area contributed by atoms with Gasteiger partial charge in [0.1, 0.15) is 11.3 Å². The Balaban J connectivity index is 1.88. The molecule has 32 heavy (non-hydrogen) atoms. The van der Waals surface area contributed by atoms with Gasteiger partial charge in [-0.25, -0.2) is 4.79 Å². The van der Waals surface area contributed by atoms with Crippen LogP contribution in [0.15, 0.2) is 23.6 Å². The standard InChI is InChI=1S/C26H44N2O3S/c1-3-4-5-6-7-8-9-10-11-12-13-14-15-16-17-18-19-27-26(32)28-21-23-24(29)20-22(2)31-25(23)30/h20-21H,3-19H2,1-2H3,(H2,27,28,32). The number of carbonyl (C=O) groups is 2. The first kappa shape index (κ1) is 28.3. The third kappa shape index (κ3) is 14.4. The Morgan fingerprint density at radius 1 is 0.844 bits per heavy atom. The molecule has 0 bridgehead atoms. The number of carbonyl (C=O) groups excluding carboxylic acids is 2. The van der Waals surface area contributed by atoms with E-state index in [1.807, 2.05) is 0 Å². The van der Waals surface area contributed by atoms with Crippen molar-refractivity contribution < 1.29 is 14.3 Å². The van der Waals surface area contributed by atoms with Gasteiger partial charge in [-0.15, -0.1) is 0 Å². The van der Waals surface area contributed by atoms with Gasteiger partial charge in [0.05, 0.1) is 0 Å². The maximum Gasteiger partial charge on any atom is 0.348 e. The minimum Gasteiger partial charge on any atom is -0.427 e. The Morgan fingerprint density at radius 2 is 1.31 bits per heavy atom. The Morgan fingerprint density at radius 3 is 1.78 bits per heavy atom. The zero-order chi connectivity index (χ0) is 23.4. The second-order valence-corrected chi connectivity index (χ2v) is 9.18. The minimum absolute atomic E-state index is 0.0397. The molecule has 1 aliphatic rings. The number of cyclic esters (lactones) is 1. The van der Waals surface area contributed by atoms with Crippen LogP contribution in [0.2, 0.25) is 0 Å². The van der Waals surface area contributed by atoms with E-state index in [9.17, 15) is 9.59 Å². The number of unbranched alkanes of at least 4 members (excludes halogenated alkanes) is 15. The highest BCUT2D eigenvalue weighted by atomic mass is 32.1. The summed E-state index contributed by atoms with van der Waals surface area (Å²) in [6.07, 6.45) is 24.2. The summed E-state index contributed by atoms with van der Waals surface area (Å²) in [6, 6.07) is 0. The van der Waals surface area contributed by atoms with E-state index >= 15 is 0 Å². The number of ketones is 1. The summed E-state index contributed by atoms with van der Waals surface area (Å²) in [4.78, 5) is 23.5. The predicted molar refractivity (Wildman–Crippen MR) is 136 cm³/mol. The summed E-state index contributed by atoms with van der Waals surface area (Å²) < 4.78 is 4.93. The molecule has 1 aliphatic heterocycles. The molecule has 1 heterocycles. The lowest BCUT2D eigenvalue weighted by Crippen LogP contribution is -2.34. The van der Waals surface area contributed by atoms with Crippen LogP contribution in [0.4, 0.5) is 0 Å². The average molecular weight is 465 g/mol. The van der Waals surface area contributed by atoms with Gasteiger partial charge in [-0.1, -0.05) is 103 Å². The number of hydrogen-bond acceptors (Lipinski definition) is 4. The maximum absolute atomic E-state index is 11.8. The van der Waals surface area contributed by atoms with Crippen molar-refractivity contribution in [2.45, 2.75) is 117 Å². The van der Waals surface area contributed by atoms with Crippen LogP contribution in [0.1, 0.15) is 117 Å². The molecule has 0 saturated heterocycles. The highest BCUT2D eigenvalue weighted by Gasteiger charge is 2.24. The molecule has 6 heteroatoms. The van der Waals surface area contributed by atoms with Crippen molar-refractivity contribution in [2.24, 2.45) is 0 Å². The van der Waals surface area contributed by atoms with Crippen molar-refractivity contribution >= 4 is 29.1 Å². The third-order valence-corrected chi connectivity index (χ3v) is 6.00. The van der Waals surface area contributed by atoms with Gasteiger partial charge in [0, 0.05) is 18.8 Å². The molecule has 0 spiro atoms. The molecule has 0 atom stereocenters. The fraction of sp³-hybridized carbons (Fsp3) is 0.731. The average Bonchev–Trinajstić information content (AvgIpc) is 2.75. The number of allylic oxidation sites excluding steroid dienone is 2. The molecule has 182 valence electrons. The summed E-state index contributed by atoms with van der Waals surface area (Å²) in [5, 5.41) is 6.30. The first-order valence-corrected chi connectivity index (χ1v) is 13.1. The Kier molecular flexibility index (Phi) is 16.7. The van der Waals surface area contributed by atoms with Gasteiger partial charge in [0.2, 0.25) is 0 Å². The largest absolute Gasteiger partial charge is 0.427 e. The summed E-state index contributed by atoms with van der Waals surface area (Å²) in [5.74, 6) is -0.712. The molecule has 0 radical (unpaired) electrons. The molecule has 0 aromatic heterocycles. The molecule has 5 nitrogen and oxygen atoms in total. The summed E-state index contributed by atoms with van der Waals surface area (Å²) in [7, 11) is 0. The number of rotatable bonds is 18. The van der Waals surface area contributed by atoms with Crippen molar-refractivity contribution in [1.82, 2.24) is 10.6 Å². The van der Waals surface area contributed by atoms with Crippen LogP contribution >= 0.6 is 12.2 Å². The van der Waals surface area contributed by atoms with Crippen LogP contribution in [0, 0.1) is 0 Å². The number of nitrogens with one attached hydrogen (secondary N) is 2. The summed E-state index contributed by atoms with van der Waals surface area (Å²) in [5.41, 5.74) is -0.0397. The van der Waals surface area contributed by atoms with Crippen LogP contribution in [-0.4, -0.2) is 23.4 Å². The molecule has 0 fully saturated rings. The number of ether oxygens (including phenoxy) is 1. The molecular formula is C26H44N2O3S. The van der Waals surface area contributed by atoms with E-state index in [4.69, 9.17) is 17.0 Å². The zero-order valence-electron chi connectivity index (χ0n) is 20.3. The Labute approximate surface area is 200 Å². The fourth-order valence-electron chi connectivity index (χ4n) is 3.79. The van der Waals surface area contributed by atoms with Crippen molar-refractivity contribution in [2.75, 3.05) is 6.54 Å². The quantitative estimate of drug-likeness (QED) is 0.0780. The number of hydrogen-bond donors (Lipinski definition) is 2. The topological polar surface area (TPSA) is 67.4 Å². The normalized spacial score (nSPS) is 14.9. The molecule has 0 amide bonds. The summed E-state index contributed by atoms with van der Waals surface area (Å²) >= 11 is 5.19. The van der Waals surface area contributed by atoms with E-state index in [1.54, 1.807) is 6.92 Å². The Hall–Kier alpha value is -1.69. The van der Waals surface area contributed by atoms with Crippen molar-refractivity contribution in [3.8, 4) is 0 Å². The van der Waals surface area contributed by atoms with Crippen LogP contribution in [0.3, 0.4) is 0 Å². The smallest absolute Gasteiger partial charge is 0.348 e. The molecule has 1 rings (SSSR count). The highest BCUT2D eigenvalue weighted by Crippen LogP contribution is 2.14. The first-order valence-electron chi connectivity index (χ1n) is 12.7. The second-order valence-electron chi connectivity index (χ2n) is 8.77. The van der Waals surface area contributed by atoms with Crippen molar-refractivity contribution in [3.05, 3.63) is 23.6 Å². The number of esters is 1. The predicted octanol–water partition coefficient (Wildman–Crippen LogP) is 6.63. The number of thiocarbonyl (C=S) groups is 1. The van der Waals surface area contributed by atoms with E-state index in [0.29, 0.717) is 10.9 Å². The molecule has 0 aromatic carbocycles. The van der Waals surface area contributed by atoms with Gasteiger partial charge in [-0.2, -0.15) is 0 Å². The van der Waals surface area contributed by atoms with Crippen LogP contribution in [-0.2, 0) is 14.3 Å². The molecule has 0 aliphatic carbocycles. The fourth-order valence-corrected chi connectivity index (χ4v) is 3.95.